The summed E-state index contributed by atoms with van der Waals surface area (Å²) in [5.41, 5.74) is 3.55. The molecule has 0 radical (unpaired) electrons. The van der Waals surface area contributed by atoms with Crippen LogP contribution in [0.3, 0.4) is 0 Å². The van der Waals surface area contributed by atoms with Gasteiger partial charge in [0.15, 0.2) is 0 Å². The standard InChI is InChI=1S/C23H21NO3/c1-26-23(25)20-14-12-18(13-15-20)9-5-10-21-22(11-6-16-24-21)27-17-19-7-3-2-4-8-19/h2-8,10-16H,9,17H2,1H3. The lowest BCUT2D eigenvalue weighted by molar-refractivity contribution is 0.0600. The lowest BCUT2D eigenvalue weighted by Gasteiger charge is -2.08. The van der Waals surface area contributed by atoms with Crippen LogP contribution in [-0.4, -0.2) is 18.1 Å². The number of allylic oxidation sites excluding steroid dienone is 1. The number of methoxy groups -OCH3 is 1. The average molecular weight is 359 g/mol. The topological polar surface area (TPSA) is 48.4 Å². The van der Waals surface area contributed by atoms with Gasteiger partial charge in [-0.3, -0.25) is 4.98 Å². The van der Waals surface area contributed by atoms with Crippen molar-refractivity contribution >= 4 is 12.0 Å². The maximum absolute atomic E-state index is 11.5. The molecule has 0 amide bonds. The number of pyridine rings is 1. The molecule has 0 atom stereocenters. The third kappa shape index (κ3) is 5.28. The molecular formula is C23H21NO3. The molecule has 1 aromatic heterocycles. The number of hydrogen-bond acceptors (Lipinski definition) is 4. The third-order valence-electron chi connectivity index (χ3n) is 4.04. The summed E-state index contributed by atoms with van der Waals surface area (Å²) in [5, 5.41) is 0. The molecule has 3 rings (SSSR count). The van der Waals surface area contributed by atoms with E-state index in [9.17, 15) is 4.79 Å². The van der Waals surface area contributed by atoms with E-state index in [1.807, 2.05) is 66.7 Å². The molecule has 1 heterocycles. The molecule has 0 fully saturated rings. The fourth-order valence-electron chi connectivity index (χ4n) is 2.59. The van der Waals surface area contributed by atoms with Gasteiger partial charge in [-0.2, -0.15) is 0 Å². The largest absolute Gasteiger partial charge is 0.487 e. The summed E-state index contributed by atoms with van der Waals surface area (Å²) in [6, 6.07) is 21.2. The van der Waals surface area contributed by atoms with Gasteiger partial charge in [0.05, 0.1) is 12.7 Å². The first-order valence-electron chi connectivity index (χ1n) is 8.72. The van der Waals surface area contributed by atoms with E-state index in [4.69, 9.17) is 9.47 Å². The summed E-state index contributed by atoms with van der Waals surface area (Å²) in [5.74, 6) is 0.421. The van der Waals surface area contributed by atoms with Gasteiger partial charge in [-0.15, -0.1) is 0 Å². The lowest BCUT2D eigenvalue weighted by Crippen LogP contribution is -2.00. The number of benzene rings is 2. The zero-order chi connectivity index (χ0) is 18.9. The average Bonchev–Trinajstić information content (AvgIpc) is 2.74. The molecule has 4 heteroatoms. The number of rotatable bonds is 7. The maximum atomic E-state index is 11.5. The van der Waals surface area contributed by atoms with Gasteiger partial charge in [0.25, 0.3) is 0 Å². The Morgan fingerprint density at radius 1 is 0.963 bits per heavy atom. The van der Waals surface area contributed by atoms with Crippen LogP contribution in [-0.2, 0) is 17.8 Å². The zero-order valence-electron chi connectivity index (χ0n) is 15.2. The molecule has 4 nitrogen and oxygen atoms in total. The molecule has 27 heavy (non-hydrogen) atoms. The Morgan fingerprint density at radius 2 is 1.74 bits per heavy atom. The van der Waals surface area contributed by atoms with Crippen LogP contribution in [0.4, 0.5) is 0 Å². The van der Waals surface area contributed by atoms with Crippen molar-refractivity contribution in [3.8, 4) is 5.75 Å². The number of aromatic nitrogens is 1. The van der Waals surface area contributed by atoms with Crippen LogP contribution in [0, 0.1) is 0 Å². The Hall–Kier alpha value is -3.40. The van der Waals surface area contributed by atoms with Gasteiger partial charge in [0.1, 0.15) is 18.1 Å². The second kappa shape index (κ2) is 9.34. The van der Waals surface area contributed by atoms with Gasteiger partial charge >= 0.3 is 5.97 Å². The van der Waals surface area contributed by atoms with Gasteiger partial charge in [-0.05, 0) is 47.9 Å². The SMILES string of the molecule is COC(=O)c1ccc(CC=Cc2ncccc2OCc2ccccc2)cc1. The van der Waals surface area contributed by atoms with Crippen LogP contribution in [0.2, 0.25) is 0 Å². The molecule has 2 aromatic carbocycles. The Morgan fingerprint density at radius 3 is 2.48 bits per heavy atom. The summed E-state index contributed by atoms with van der Waals surface area (Å²) in [4.78, 5) is 15.9. The molecule has 0 saturated carbocycles. The van der Waals surface area contributed by atoms with Gasteiger partial charge < -0.3 is 9.47 Å². The lowest BCUT2D eigenvalue weighted by atomic mass is 10.1. The predicted molar refractivity (Wildman–Crippen MR) is 106 cm³/mol. The molecule has 0 aliphatic carbocycles. The first-order valence-corrected chi connectivity index (χ1v) is 8.72. The van der Waals surface area contributed by atoms with Crippen LogP contribution in [0.1, 0.15) is 27.2 Å². The minimum absolute atomic E-state index is 0.328. The quantitative estimate of drug-likeness (QED) is 0.574. The summed E-state index contributed by atoms with van der Waals surface area (Å²) in [6.45, 7) is 0.502. The van der Waals surface area contributed by atoms with E-state index in [1.54, 1.807) is 18.3 Å². The zero-order valence-corrected chi connectivity index (χ0v) is 15.2. The van der Waals surface area contributed by atoms with E-state index in [0.717, 1.165) is 29.0 Å². The Labute approximate surface area is 159 Å². The van der Waals surface area contributed by atoms with Crippen LogP contribution >= 0.6 is 0 Å². The summed E-state index contributed by atoms with van der Waals surface area (Å²) in [6.07, 6.45) is 6.47. The number of hydrogen-bond donors (Lipinski definition) is 0. The van der Waals surface area contributed by atoms with Gasteiger partial charge in [0, 0.05) is 6.20 Å². The van der Waals surface area contributed by atoms with Crippen molar-refractivity contribution in [2.75, 3.05) is 7.11 Å². The Bertz CT molecular complexity index is 902. The number of ether oxygens (including phenoxy) is 2. The molecule has 0 bridgehead atoms. The minimum atomic E-state index is -0.328. The maximum Gasteiger partial charge on any atom is 0.337 e. The fraction of sp³-hybridized carbons (Fsp3) is 0.130. The van der Waals surface area contributed by atoms with E-state index in [0.29, 0.717) is 12.2 Å². The summed E-state index contributed by atoms with van der Waals surface area (Å²) in [7, 11) is 1.38. The van der Waals surface area contributed by atoms with Crippen molar-refractivity contribution in [3.05, 3.63) is 101 Å². The van der Waals surface area contributed by atoms with Crippen molar-refractivity contribution in [1.29, 1.82) is 0 Å². The molecule has 0 aliphatic rings. The fourth-order valence-corrected chi connectivity index (χ4v) is 2.59. The molecule has 0 saturated heterocycles. The summed E-state index contributed by atoms with van der Waals surface area (Å²) >= 11 is 0. The molecule has 0 N–H and O–H groups in total. The first-order chi connectivity index (χ1) is 13.3. The van der Waals surface area contributed by atoms with Crippen molar-refractivity contribution in [2.24, 2.45) is 0 Å². The predicted octanol–water partition coefficient (Wildman–Crippen LogP) is 4.70. The normalized spacial score (nSPS) is 10.7. The van der Waals surface area contributed by atoms with Gasteiger partial charge in [0.2, 0.25) is 0 Å². The minimum Gasteiger partial charge on any atom is -0.487 e. The third-order valence-corrected chi connectivity index (χ3v) is 4.04. The van der Waals surface area contributed by atoms with Gasteiger partial charge in [-0.25, -0.2) is 4.79 Å². The number of nitrogens with zero attached hydrogens (tertiary/aromatic N) is 1. The highest BCUT2D eigenvalue weighted by Gasteiger charge is 2.04. The highest BCUT2D eigenvalue weighted by atomic mass is 16.5. The first kappa shape index (κ1) is 18.4. The monoisotopic (exact) mass is 359 g/mol. The second-order valence-electron chi connectivity index (χ2n) is 5.96. The second-order valence-corrected chi connectivity index (χ2v) is 5.96. The van der Waals surface area contributed by atoms with Crippen LogP contribution < -0.4 is 4.74 Å². The van der Waals surface area contributed by atoms with Crippen molar-refractivity contribution in [2.45, 2.75) is 13.0 Å². The van der Waals surface area contributed by atoms with Crippen LogP contribution in [0.5, 0.6) is 5.75 Å². The number of esters is 1. The van der Waals surface area contributed by atoms with Gasteiger partial charge in [-0.1, -0.05) is 48.5 Å². The molecule has 3 aromatic rings. The van der Waals surface area contributed by atoms with Crippen LogP contribution in [0.25, 0.3) is 6.08 Å². The van der Waals surface area contributed by atoms with Crippen LogP contribution in [0.15, 0.2) is 79.0 Å². The van der Waals surface area contributed by atoms with E-state index in [-0.39, 0.29) is 5.97 Å². The molecule has 136 valence electrons. The highest BCUT2D eigenvalue weighted by molar-refractivity contribution is 5.89. The van der Waals surface area contributed by atoms with Crippen molar-refractivity contribution < 1.29 is 14.3 Å². The molecule has 0 aliphatic heterocycles. The molecular weight excluding hydrogens is 338 g/mol. The smallest absolute Gasteiger partial charge is 0.337 e. The Balaban J connectivity index is 1.62. The number of carbonyl (C=O) groups is 1. The van der Waals surface area contributed by atoms with E-state index in [1.165, 1.54) is 7.11 Å². The Kier molecular flexibility index (Phi) is 6.36. The van der Waals surface area contributed by atoms with Crippen molar-refractivity contribution in [3.63, 3.8) is 0 Å². The van der Waals surface area contributed by atoms with E-state index < -0.39 is 0 Å². The molecule has 0 unspecified atom stereocenters. The van der Waals surface area contributed by atoms with E-state index >= 15 is 0 Å². The molecule has 0 spiro atoms. The van der Waals surface area contributed by atoms with Crippen molar-refractivity contribution in [1.82, 2.24) is 4.98 Å². The number of carbonyl (C=O) groups excluding carboxylic acids is 1. The highest BCUT2D eigenvalue weighted by Crippen LogP contribution is 2.19. The summed E-state index contributed by atoms with van der Waals surface area (Å²) < 4.78 is 10.6. The van der Waals surface area contributed by atoms with E-state index in [2.05, 4.69) is 4.98 Å².